The third-order valence-electron chi connectivity index (χ3n) is 6.37. The van der Waals surface area contributed by atoms with Crippen LogP contribution in [0, 0.1) is 5.92 Å². The van der Waals surface area contributed by atoms with E-state index in [4.69, 9.17) is 9.47 Å². The molecule has 1 aromatic carbocycles. The fourth-order valence-corrected chi connectivity index (χ4v) is 4.42. The molecule has 0 bridgehead atoms. The third kappa shape index (κ3) is 9.31. The zero-order valence-corrected chi connectivity index (χ0v) is 20.0. The van der Waals surface area contributed by atoms with Gasteiger partial charge in [0.2, 0.25) is 0 Å². The van der Waals surface area contributed by atoms with Crippen LogP contribution in [0.5, 0.6) is 0 Å². The summed E-state index contributed by atoms with van der Waals surface area (Å²) in [5, 5.41) is 6.41. The van der Waals surface area contributed by atoms with E-state index < -0.39 is 0 Å². The highest BCUT2D eigenvalue weighted by Crippen LogP contribution is 2.18. The third-order valence-corrected chi connectivity index (χ3v) is 6.37. The molecule has 0 radical (unpaired) electrons. The van der Waals surface area contributed by atoms with Crippen LogP contribution in [-0.2, 0) is 20.8 Å². The summed E-state index contributed by atoms with van der Waals surface area (Å²) >= 11 is 0. The molecule has 8 heteroatoms. The van der Waals surface area contributed by atoms with E-state index in [2.05, 4.69) is 10.6 Å². The molecule has 3 rings (SSSR count). The molecule has 8 nitrogen and oxygen atoms in total. The van der Waals surface area contributed by atoms with Crippen molar-refractivity contribution >= 4 is 12.0 Å². The Balaban J connectivity index is 1.36. The van der Waals surface area contributed by atoms with Gasteiger partial charge in [0.1, 0.15) is 0 Å². The Morgan fingerprint density at radius 3 is 2.55 bits per heavy atom. The van der Waals surface area contributed by atoms with Crippen molar-refractivity contribution in [1.29, 1.82) is 0 Å². The molecule has 2 amide bonds. The Morgan fingerprint density at radius 1 is 1.12 bits per heavy atom. The van der Waals surface area contributed by atoms with Crippen molar-refractivity contribution in [3.63, 3.8) is 0 Å². The molecule has 2 aliphatic heterocycles. The molecule has 2 saturated heterocycles. The largest absolute Gasteiger partial charge is 0.465 e. The number of piperidine rings is 2. The van der Waals surface area contributed by atoms with Crippen LogP contribution in [-0.4, -0.2) is 86.9 Å². The van der Waals surface area contributed by atoms with Crippen LogP contribution in [0.15, 0.2) is 30.3 Å². The van der Waals surface area contributed by atoms with E-state index in [1.165, 1.54) is 12.8 Å². The van der Waals surface area contributed by atoms with Gasteiger partial charge in [-0.25, -0.2) is 4.79 Å². The minimum absolute atomic E-state index is 0.0393. The first-order valence-corrected chi connectivity index (χ1v) is 12.4. The average molecular weight is 461 g/mol. The van der Waals surface area contributed by atoms with Gasteiger partial charge in [0.25, 0.3) is 0 Å². The van der Waals surface area contributed by atoms with E-state index in [0.29, 0.717) is 32.2 Å². The second-order valence-corrected chi connectivity index (χ2v) is 8.95. The molecule has 0 saturated carbocycles. The Kier molecular flexibility index (Phi) is 10.9. The maximum absolute atomic E-state index is 12.6. The van der Waals surface area contributed by atoms with Crippen LogP contribution in [0.25, 0.3) is 0 Å². The summed E-state index contributed by atoms with van der Waals surface area (Å²) < 4.78 is 11.2. The van der Waals surface area contributed by atoms with Crippen LogP contribution >= 0.6 is 0 Å². The van der Waals surface area contributed by atoms with Crippen molar-refractivity contribution in [2.75, 3.05) is 59.0 Å². The first kappa shape index (κ1) is 25.5. The monoisotopic (exact) mass is 460 g/mol. The predicted octanol–water partition coefficient (Wildman–Crippen LogP) is 2.24. The van der Waals surface area contributed by atoms with Gasteiger partial charge < -0.3 is 25.0 Å². The Morgan fingerprint density at radius 2 is 1.85 bits per heavy atom. The van der Waals surface area contributed by atoms with Gasteiger partial charge in [-0.2, -0.15) is 0 Å². The molecule has 0 spiro atoms. The van der Waals surface area contributed by atoms with Crippen LogP contribution < -0.4 is 10.6 Å². The molecule has 0 aromatic heterocycles. The lowest BCUT2D eigenvalue weighted by Crippen LogP contribution is -2.48. The zero-order chi connectivity index (χ0) is 23.3. The van der Waals surface area contributed by atoms with Crippen molar-refractivity contribution < 1.29 is 19.1 Å². The molecule has 33 heavy (non-hydrogen) atoms. The Bertz CT molecular complexity index is 704. The zero-order valence-electron chi connectivity index (χ0n) is 20.0. The van der Waals surface area contributed by atoms with Gasteiger partial charge in [0.05, 0.1) is 19.3 Å². The fraction of sp³-hybridized carbons (Fsp3) is 0.680. The lowest BCUT2D eigenvalue weighted by atomic mass is 9.99. The molecular weight excluding hydrogens is 420 g/mol. The summed E-state index contributed by atoms with van der Waals surface area (Å²) in [4.78, 5) is 28.5. The number of benzene rings is 1. The second kappa shape index (κ2) is 14.2. The van der Waals surface area contributed by atoms with E-state index in [1.54, 1.807) is 6.92 Å². The van der Waals surface area contributed by atoms with Gasteiger partial charge in [-0.05, 0) is 57.2 Å². The molecule has 0 atom stereocenters. The fourth-order valence-electron chi connectivity index (χ4n) is 4.42. The van der Waals surface area contributed by atoms with E-state index in [9.17, 15) is 9.59 Å². The molecule has 0 aliphatic carbocycles. The number of nitrogens with zero attached hydrogens (tertiary/aromatic N) is 2. The molecule has 1 aromatic rings. The first-order valence-electron chi connectivity index (χ1n) is 12.4. The normalized spacial score (nSPS) is 17.8. The highest BCUT2D eigenvalue weighted by molar-refractivity contribution is 5.74. The summed E-state index contributed by atoms with van der Waals surface area (Å²) in [7, 11) is 0. The summed E-state index contributed by atoms with van der Waals surface area (Å²) in [6, 6.07) is 9.98. The number of rotatable bonds is 11. The molecule has 2 N–H and O–H groups in total. The van der Waals surface area contributed by atoms with Crippen molar-refractivity contribution in [1.82, 2.24) is 20.4 Å². The lowest BCUT2D eigenvalue weighted by molar-refractivity contribution is -0.144. The summed E-state index contributed by atoms with van der Waals surface area (Å²) in [5.74, 6) is 0.423. The molecular formula is C25H40N4O4. The average Bonchev–Trinajstić information content (AvgIpc) is 2.84. The first-order chi connectivity index (χ1) is 16.1. The number of hydrogen-bond donors (Lipinski definition) is 2. The van der Waals surface area contributed by atoms with Crippen molar-refractivity contribution in [3.8, 4) is 0 Å². The number of nitrogens with one attached hydrogen (secondary N) is 2. The van der Waals surface area contributed by atoms with Crippen LogP contribution in [0.1, 0.15) is 38.2 Å². The predicted molar refractivity (Wildman–Crippen MR) is 128 cm³/mol. The second-order valence-electron chi connectivity index (χ2n) is 8.95. The molecule has 2 aliphatic rings. The highest BCUT2D eigenvalue weighted by atomic mass is 16.5. The number of amides is 2. The van der Waals surface area contributed by atoms with E-state index in [0.717, 1.165) is 51.2 Å². The number of ether oxygens (including phenoxy) is 2. The van der Waals surface area contributed by atoms with Crippen LogP contribution in [0.4, 0.5) is 4.79 Å². The molecule has 2 heterocycles. The Labute approximate surface area is 198 Å². The maximum atomic E-state index is 12.6. The van der Waals surface area contributed by atoms with Crippen molar-refractivity contribution in [2.24, 2.45) is 5.92 Å². The summed E-state index contributed by atoms with van der Waals surface area (Å²) in [6.45, 7) is 8.55. The van der Waals surface area contributed by atoms with Gasteiger partial charge >= 0.3 is 12.0 Å². The standard InChI is InChI=1S/C25H40N4O4/c1-2-32-24(30)19-28(18-21-6-4-3-5-7-21)17-14-27-25(31)29-15-10-23(11-16-29)33-20-22-8-12-26-13-9-22/h3-7,22-23,26H,2,8-20H2,1H3,(H,27,31). The van der Waals surface area contributed by atoms with Gasteiger partial charge in [-0.15, -0.1) is 0 Å². The topological polar surface area (TPSA) is 83.1 Å². The number of hydrogen-bond acceptors (Lipinski definition) is 6. The highest BCUT2D eigenvalue weighted by Gasteiger charge is 2.24. The lowest BCUT2D eigenvalue weighted by Gasteiger charge is -2.33. The quantitative estimate of drug-likeness (QED) is 0.493. The number of carbonyl (C=O) groups excluding carboxylic acids is 2. The van der Waals surface area contributed by atoms with Crippen molar-refractivity contribution in [3.05, 3.63) is 35.9 Å². The molecule has 184 valence electrons. The summed E-state index contributed by atoms with van der Waals surface area (Å²) in [6.07, 6.45) is 4.43. The summed E-state index contributed by atoms with van der Waals surface area (Å²) in [5.41, 5.74) is 1.12. The smallest absolute Gasteiger partial charge is 0.320 e. The maximum Gasteiger partial charge on any atom is 0.320 e. The molecule has 0 unspecified atom stereocenters. The van der Waals surface area contributed by atoms with Gasteiger partial charge in [0.15, 0.2) is 0 Å². The van der Waals surface area contributed by atoms with Crippen LogP contribution in [0.3, 0.4) is 0 Å². The number of likely N-dealkylation sites (tertiary alicyclic amines) is 1. The van der Waals surface area contributed by atoms with E-state index in [1.807, 2.05) is 40.1 Å². The van der Waals surface area contributed by atoms with Crippen molar-refractivity contribution in [2.45, 2.75) is 45.3 Å². The number of esters is 1. The van der Waals surface area contributed by atoms with E-state index >= 15 is 0 Å². The number of carbonyl (C=O) groups is 2. The van der Waals surface area contributed by atoms with E-state index in [-0.39, 0.29) is 24.6 Å². The van der Waals surface area contributed by atoms with Gasteiger partial charge in [-0.3, -0.25) is 9.69 Å². The Hall–Kier alpha value is -2.16. The van der Waals surface area contributed by atoms with Gasteiger partial charge in [-0.1, -0.05) is 30.3 Å². The number of urea groups is 1. The minimum atomic E-state index is -0.244. The minimum Gasteiger partial charge on any atom is -0.465 e. The van der Waals surface area contributed by atoms with Gasteiger partial charge in [0, 0.05) is 39.3 Å². The SMILES string of the molecule is CCOC(=O)CN(CCNC(=O)N1CCC(OCC2CCNCC2)CC1)Cc1ccccc1. The molecule has 2 fully saturated rings. The van der Waals surface area contributed by atoms with Crippen LogP contribution in [0.2, 0.25) is 0 Å².